The molecule has 2 fully saturated rings. The van der Waals surface area contributed by atoms with Crippen LogP contribution in [0.2, 0.25) is 0 Å². The number of hydrogen-bond acceptors (Lipinski definition) is 4. The summed E-state index contributed by atoms with van der Waals surface area (Å²) in [5.74, 6) is 2.57. The summed E-state index contributed by atoms with van der Waals surface area (Å²) in [5.41, 5.74) is 0. The molecule has 2 aliphatic heterocycles. The molecule has 2 heterocycles. The van der Waals surface area contributed by atoms with Crippen molar-refractivity contribution in [2.24, 2.45) is 5.92 Å². The minimum atomic E-state index is 0.0230. The second kappa shape index (κ2) is 5.72. The lowest BCUT2D eigenvalue weighted by molar-refractivity contribution is -0.122. The highest BCUT2D eigenvalue weighted by molar-refractivity contribution is 7.99. The molecule has 1 amide bonds. The Bertz CT molecular complexity index is 213. The van der Waals surface area contributed by atoms with Crippen LogP contribution in [0.15, 0.2) is 0 Å². The van der Waals surface area contributed by atoms with Gasteiger partial charge in [0.25, 0.3) is 0 Å². The van der Waals surface area contributed by atoms with Gasteiger partial charge in [-0.25, -0.2) is 0 Å². The number of carbonyl (C=O) groups is 1. The van der Waals surface area contributed by atoms with Gasteiger partial charge in [0.2, 0.25) is 5.91 Å². The molecule has 2 saturated heterocycles. The first-order valence-corrected chi connectivity index (χ1v) is 6.68. The predicted octanol–water partition coefficient (Wildman–Crippen LogP) is 0.192. The summed E-state index contributed by atoms with van der Waals surface area (Å²) in [5, 5.41) is 6.19. The van der Waals surface area contributed by atoms with Crippen LogP contribution in [0.4, 0.5) is 0 Å². The van der Waals surface area contributed by atoms with Gasteiger partial charge in [0, 0.05) is 31.4 Å². The van der Waals surface area contributed by atoms with Gasteiger partial charge in [-0.15, -0.1) is 11.8 Å². The Morgan fingerprint density at radius 2 is 2.27 bits per heavy atom. The highest BCUT2D eigenvalue weighted by Crippen LogP contribution is 2.14. The Kier molecular flexibility index (Phi) is 4.29. The molecule has 2 N–H and O–H groups in total. The molecule has 86 valence electrons. The monoisotopic (exact) mass is 230 g/mol. The maximum atomic E-state index is 11.7. The maximum Gasteiger partial charge on any atom is 0.238 e. The predicted molar refractivity (Wildman–Crippen MR) is 60.8 cm³/mol. The van der Waals surface area contributed by atoms with Crippen LogP contribution >= 0.6 is 11.8 Å². The van der Waals surface area contributed by atoms with Gasteiger partial charge in [0.1, 0.15) is 0 Å². The van der Waals surface area contributed by atoms with Gasteiger partial charge in [0.15, 0.2) is 0 Å². The SMILES string of the molecule is O=C(NCC1CCOCC1)C1CSCN1. The molecule has 15 heavy (non-hydrogen) atoms. The third-order valence-corrected chi connectivity index (χ3v) is 3.88. The molecule has 0 aromatic rings. The van der Waals surface area contributed by atoms with E-state index < -0.39 is 0 Å². The van der Waals surface area contributed by atoms with E-state index in [9.17, 15) is 4.79 Å². The van der Waals surface area contributed by atoms with Crippen LogP contribution in [0.5, 0.6) is 0 Å². The van der Waals surface area contributed by atoms with Gasteiger partial charge in [-0.1, -0.05) is 0 Å². The molecule has 2 rings (SSSR count). The van der Waals surface area contributed by atoms with E-state index in [4.69, 9.17) is 4.74 Å². The van der Waals surface area contributed by atoms with E-state index in [1.807, 2.05) is 0 Å². The molecule has 0 aromatic heterocycles. The van der Waals surface area contributed by atoms with Crippen molar-refractivity contribution in [1.29, 1.82) is 0 Å². The molecule has 0 radical (unpaired) electrons. The van der Waals surface area contributed by atoms with E-state index in [2.05, 4.69) is 10.6 Å². The summed E-state index contributed by atoms with van der Waals surface area (Å²) in [7, 11) is 0. The molecule has 0 aliphatic carbocycles. The van der Waals surface area contributed by atoms with Crippen LogP contribution in [0, 0.1) is 5.92 Å². The van der Waals surface area contributed by atoms with Gasteiger partial charge in [0.05, 0.1) is 6.04 Å². The molecule has 2 aliphatic rings. The molecule has 0 saturated carbocycles. The zero-order valence-corrected chi connectivity index (χ0v) is 9.65. The van der Waals surface area contributed by atoms with Crippen molar-refractivity contribution < 1.29 is 9.53 Å². The van der Waals surface area contributed by atoms with Crippen LogP contribution in [-0.4, -0.2) is 43.3 Å². The Balaban J connectivity index is 1.65. The van der Waals surface area contributed by atoms with Crippen LogP contribution in [0.3, 0.4) is 0 Å². The lowest BCUT2D eigenvalue weighted by Crippen LogP contribution is -2.44. The summed E-state index contributed by atoms with van der Waals surface area (Å²) in [4.78, 5) is 11.7. The summed E-state index contributed by atoms with van der Waals surface area (Å²) in [6.45, 7) is 2.50. The average Bonchev–Trinajstić information content (AvgIpc) is 2.81. The Morgan fingerprint density at radius 3 is 2.93 bits per heavy atom. The van der Waals surface area contributed by atoms with Crippen LogP contribution in [0.1, 0.15) is 12.8 Å². The number of nitrogens with one attached hydrogen (secondary N) is 2. The van der Waals surface area contributed by atoms with Gasteiger partial charge >= 0.3 is 0 Å². The second-order valence-corrected chi connectivity index (χ2v) is 5.10. The number of ether oxygens (including phenoxy) is 1. The van der Waals surface area contributed by atoms with E-state index >= 15 is 0 Å². The molecular weight excluding hydrogens is 212 g/mol. The zero-order valence-electron chi connectivity index (χ0n) is 8.83. The molecule has 1 unspecified atom stereocenters. The minimum Gasteiger partial charge on any atom is -0.381 e. The Hall–Kier alpha value is -0.260. The number of carbonyl (C=O) groups excluding carboxylic acids is 1. The van der Waals surface area contributed by atoms with E-state index in [1.165, 1.54) is 0 Å². The van der Waals surface area contributed by atoms with Crippen molar-refractivity contribution in [3.63, 3.8) is 0 Å². The quantitative estimate of drug-likeness (QED) is 0.727. The number of amides is 1. The van der Waals surface area contributed by atoms with Crippen molar-refractivity contribution in [2.45, 2.75) is 18.9 Å². The van der Waals surface area contributed by atoms with Crippen molar-refractivity contribution in [3.05, 3.63) is 0 Å². The number of rotatable bonds is 3. The fourth-order valence-corrected chi connectivity index (χ4v) is 2.82. The van der Waals surface area contributed by atoms with Crippen molar-refractivity contribution in [2.75, 3.05) is 31.4 Å². The van der Waals surface area contributed by atoms with E-state index in [0.717, 1.165) is 44.2 Å². The molecule has 5 heteroatoms. The molecule has 0 bridgehead atoms. The van der Waals surface area contributed by atoms with Crippen LogP contribution < -0.4 is 10.6 Å². The lowest BCUT2D eigenvalue weighted by Gasteiger charge is -2.22. The highest BCUT2D eigenvalue weighted by atomic mass is 32.2. The van der Waals surface area contributed by atoms with Gasteiger partial charge in [-0.3, -0.25) is 10.1 Å². The van der Waals surface area contributed by atoms with E-state index in [1.54, 1.807) is 11.8 Å². The third-order valence-electron chi connectivity index (χ3n) is 2.94. The van der Waals surface area contributed by atoms with Crippen LogP contribution in [0.25, 0.3) is 0 Å². The van der Waals surface area contributed by atoms with Crippen molar-refractivity contribution in [3.8, 4) is 0 Å². The minimum absolute atomic E-state index is 0.0230. The highest BCUT2D eigenvalue weighted by Gasteiger charge is 2.23. The third kappa shape index (κ3) is 3.36. The zero-order chi connectivity index (χ0) is 10.5. The largest absolute Gasteiger partial charge is 0.381 e. The lowest BCUT2D eigenvalue weighted by atomic mass is 10.0. The number of thioether (sulfide) groups is 1. The Morgan fingerprint density at radius 1 is 1.47 bits per heavy atom. The maximum absolute atomic E-state index is 11.7. The fourth-order valence-electron chi connectivity index (χ4n) is 1.88. The molecular formula is C10H18N2O2S. The average molecular weight is 230 g/mol. The first-order valence-electron chi connectivity index (χ1n) is 5.53. The molecule has 4 nitrogen and oxygen atoms in total. The number of hydrogen-bond donors (Lipinski definition) is 2. The summed E-state index contributed by atoms with van der Waals surface area (Å²) in [6.07, 6.45) is 2.15. The molecule has 1 atom stereocenters. The first kappa shape index (κ1) is 11.2. The van der Waals surface area contributed by atoms with E-state index in [-0.39, 0.29) is 11.9 Å². The van der Waals surface area contributed by atoms with Gasteiger partial charge in [-0.2, -0.15) is 0 Å². The topological polar surface area (TPSA) is 50.4 Å². The summed E-state index contributed by atoms with van der Waals surface area (Å²) < 4.78 is 5.28. The first-order chi connectivity index (χ1) is 7.36. The van der Waals surface area contributed by atoms with Crippen LogP contribution in [-0.2, 0) is 9.53 Å². The van der Waals surface area contributed by atoms with Gasteiger partial charge < -0.3 is 10.1 Å². The second-order valence-electron chi connectivity index (χ2n) is 4.07. The Labute approximate surface area is 94.5 Å². The normalized spacial score (nSPS) is 27.9. The fraction of sp³-hybridized carbons (Fsp3) is 0.900. The van der Waals surface area contributed by atoms with E-state index in [0.29, 0.717) is 5.92 Å². The summed E-state index contributed by atoms with van der Waals surface area (Å²) >= 11 is 1.78. The molecule has 0 aromatic carbocycles. The summed E-state index contributed by atoms with van der Waals surface area (Å²) in [6, 6.07) is 0.0230. The molecule has 0 spiro atoms. The smallest absolute Gasteiger partial charge is 0.238 e. The standard InChI is InChI=1S/C10H18N2O2S/c13-10(9-6-15-7-12-9)11-5-8-1-3-14-4-2-8/h8-9,12H,1-7H2,(H,11,13). The van der Waals surface area contributed by atoms with Crippen molar-refractivity contribution in [1.82, 2.24) is 10.6 Å². The van der Waals surface area contributed by atoms with Crippen molar-refractivity contribution >= 4 is 17.7 Å². The van der Waals surface area contributed by atoms with Gasteiger partial charge in [-0.05, 0) is 18.8 Å².